The topological polar surface area (TPSA) is 35.5 Å². The molecule has 0 saturated heterocycles. The second-order valence-corrected chi connectivity index (χ2v) is 4.80. The van der Waals surface area contributed by atoms with E-state index in [4.69, 9.17) is 9.47 Å². The van der Waals surface area contributed by atoms with Crippen molar-refractivity contribution in [1.82, 2.24) is 0 Å². The van der Waals surface area contributed by atoms with Gasteiger partial charge in [-0.25, -0.2) is 4.79 Å². The Hall–Kier alpha value is -0.830. The van der Waals surface area contributed by atoms with E-state index < -0.39 is 0 Å². The van der Waals surface area contributed by atoms with Crippen LogP contribution < -0.4 is 0 Å². The maximum atomic E-state index is 11.3. The average Bonchev–Trinajstić information content (AvgIpc) is 2.37. The van der Waals surface area contributed by atoms with Crippen LogP contribution in [-0.2, 0) is 14.3 Å². The first-order chi connectivity index (χ1) is 8.89. The van der Waals surface area contributed by atoms with Crippen LogP contribution in [0.3, 0.4) is 0 Å². The molecule has 0 atom stereocenters. The molecule has 3 nitrogen and oxygen atoms in total. The molecule has 104 valence electrons. The highest BCUT2D eigenvalue weighted by Crippen LogP contribution is 2.08. The Morgan fingerprint density at radius 1 is 0.778 bits per heavy atom. The van der Waals surface area contributed by atoms with E-state index in [1.165, 1.54) is 38.5 Å². The fourth-order valence-electron chi connectivity index (χ4n) is 1.98. The zero-order valence-corrected chi connectivity index (χ0v) is 11.4. The normalized spacial score (nSPS) is 22.1. The van der Waals surface area contributed by atoms with Gasteiger partial charge in [0.05, 0.1) is 6.61 Å². The Labute approximate surface area is 111 Å². The van der Waals surface area contributed by atoms with Crippen molar-refractivity contribution in [3.63, 3.8) is 0 Å². The lowest BCUT2D eigenvalue weighted by Crippen LogP contribution is -2.04. The third-order valence-corrected chi connectivity index (χ3v) is 3.09. The highest BCUT2D eigenvalue weighted by atomic mass is 16.5. The molecule has 3 heteroatoms. The minimum atomic E-state index is -0.208. The molecule has 0 N–H and O–H groups in total. The molecule has 0 aromatic carbocycles. The van der Waals surface area contributed by atoms with E-state index in [2.05, 4.69) is 0 Å². The second kappa shape index (κ2) is 11.3. The molecular formula is C15H26O3. The first kappa shape index (κ1) is 15.2. The third-order valence-electron chi connectivity index (χ3n) is 3.09. The van der Waals surface area contributed by atoms with Gasteiger partial charge in [-0.1, -0.05) is 31.8 Å². The van der Waals surface area contributed by atoms with Gasteiger partial charge in [-0.05, 0) is 32.1 Å². The molecule has 0 saturated carbocycles. The SMILES string of the molecule is O=C1C=CCCCCCCCCOCCCCO1. The summed E-state index contributed by atoms with van der Waals surface area (Å²) in [6.07, 6.45) is 13.8. The molecule has 0 unspecified atom stereocenters. The fourth-order valence-corrected chi connectivity index (χ4v) is 1.98. The van der Waals surface area contributed by atoms with Crippen molar-refractivity contribution in [3.8, 4) is 0 Å². The lowest BCUT2D eigenvalue weighted by atomic mass is 10.1. The maximum absolute atomic E-state index is 11.3. The van der Waals surface area contributed by atoms with Crippen molar-refractivity contribution in [2.24, 2.45) is 0 Å². The van der Waals surface area contributed by atoms with Gasteiger partial charge in [0.25, 0.3) is 0 Å². The van der Waals surface area contributed by atoms with Gasteiger partial charge in [-0.3, -0.25) is 0 Å². The lowest BCUT2D eigenvalue weighted by Gasteiger charge is -2.04. The van der Waals surface area contributed by atoms with Crippen LogP contribution in [-0.4, -0.2) is 25.8 Å². The van der Waals surface area contributed by atoms with Crippen LogP contribution in [0.5, 0.6) is 0 Å². The second-order valence-electron chi connectivity index (χ2n) is 4.80. The highest BCUT2D eigenvalue weighted by molar-refractivity contribution is 5.81. The Morgan fingerprint density at radius 3 is 2.22 bits per heavy atom. The summed E-state index contributed by atoms with van der Waals surface area (Å²) in [5.41, 5.74) is 0. The largest absolute Gasteiger partial charge is 0.463 e. The van der Waals surface area contributed by atoms with E-state index in [9.17, 15) is 4.79 Å². The van der Waals surface area contributed by atoms with Gasteiger partial charge in [-0.2, -0.15) is 0 Å². The number of allylic oxidation sites excluding steroid dienone is 1. The van der Waals surface area contributed by atoms with Crippen LogP contribution >= 0.6 is 0 Å². The molecule has 0 radical (unpaired) electrons. The van der Waals surface area contributed by atoms with E-state index in [1.807, 2.05) is 6.08 Å². The van der Waals surface area contributed by atoms with E-state index >= 15 is 0 Å². The van der Waals surface area contributed by atoms with Crippen molar-refractivity contribution in [2.45, 2.75) is 57.8 Å². The molecule has 1 heterocycles. The first-order valence-corrected chi connectivity index (χ1v) is 7.30. The zero-order valence-electron chi connectivity index (χ0n) is 11.4. The first-order valence-electron chi connectivity index (χ1n) is 7.30. The predicted molar refractivity (Wildman–Crippen MR) is 72.5 cm³/mol. The fraction of sp³-hybridized carbons (Fsp3) is 0.800. The van der Waals surface area contributed by atoms with Gasteiger partial charge in [0.2, 0.25) is 0 Å². The molecule has 0 fully saturated rings. The third kappa shape index (κ3) is 9.23. The maximum Gasteiger partial charge on any atom is 0.330 e. The molecular weight excluding hydrogens is 228 g/mol. The molecule has 1 aliphatic heterocycles. The van der Waals surface area contributed by atoms with E-state index in [0.29, 0.717) is 6.61 Å². The molecule has 0 bridgehead atoms. The van der Waals surface area contributed by atoms with E-state index in [0.717, 1.165) is 32.5 Å². The summed E-state index contributed by atoms with van der Waals surface area (Å²) >= 11 is 0. The lowest BCUT2D eigenvalue weighted by molar-refractivity contribution is -0.137. The number of carbonyl (C=O) groups excluding carboxylic acids is 1. The van der Waals surface area contributed by atoms with Crippen molar-refractivity contribution >= 4 is 5.97 Å². The van der Waals surface area contributed by atoms with Crippen molar-refractivity contribution in [1.29, 1.82) is 0 Å². The van der Waals surface area contributed by atoms with Gasteiger partial charge < -0.3 is 9.47 Å². The highest BCUT2D eigenvalue weighted by Gasteiger charge is 1.98. The van der Waals surface area contributed by atoms with Crippen molar-refractivity contribution in [2.75, 3.05) is 19.8 Å². The van der Waals surface area contributed by atoms with Crippen LogP contribution in [0.4, 0.5) is 0 Å². The molecule has 1 aliphatic rings. The summed E-state index contributed by atoms with van der Waals surface area (Å²) in [5.74, 6) is -0.208. The number of rotatable bonds is 0. The Kier molecular flexibility index (Phi) is 9.54. The Bertz CT molecular complexity index is 236. The number of esters is 1. The Morgan fingerprint density at radius 2 is 1.39 bits per heavy atom. The number of cyclic esters (lactones) is 1. The Balaban J connectivity index is 2.18. The molecule has 0 spiro atoms. The molecule has 0 aromatic heterocycles. The van der Waals surface area contributed by atoms with Crippen LogP contribution in [0.25, 0.3) is 0 Å². The number of hydrogen-bond acceptors (Lipinski definition) is 3. The molecule has 0 aliphatic carbocycles. The summed E-state index contributed by atoms with van der Waals surface area (Å²) in [4.78, 5) is 11.3. The minimum absolute atomic E-state index is 0.208. The summed E-state index contributed by atoms with van der Waals surface area (Å²) in [5, 5.41) is 0. The van der Waals surface area contributed by atoms with Crippen LogP contribution in [0.15, 0.2) is 12.2 Å². The number of hydrogen-bond donors (Lipinski definition) is 0. The summed E-state index contributed by atoms with van der Waals surface area (Å²) < 4.78 is 10.6. The van der Waals surface area contributed by atoms with Crippen LogP contribution in [0, 0.1) is 0 Å². The van der Waals surface area contributed by atoms with Gasteiger partial charge >= 0.3 is 5.97 Å². The molecule has 1 rings (SSSR count). The van der Waals surface area contributed by atoms with E-state index in [1.54, 1.807) is 6.08 Å². The number of ether oxygens (including phenoxy) is 2. The molecule has 0 aromatic rings. The number of carbonyl (C=O) groups is 1. The quantitative estimate of drug-likeness (QED) is 0.619. The summed E-state index contributed by atoms with van der Waals surface area (Å²) in [6, 6.07) is 0. The van der Waals surface area contributed by atoms with Gasteiger partial charge in [0.1, 0.15) is 0 Å². The van der Waals surface area contributed by atoms with Gasteiger partial charge in [-0.15, -0.1) is 0 Å². The van der Waals surface area contributed by atoms with E-state index in [-0.39, 0.29) is 5.97 Å². The molecule has 18 heavy (non-hydrogen) atoms. The standard InChI is InChI=1S/C15H26O3/c16-15-11-7-5-3-1-2-4-6-8-12-17-13-9-10-14-18-15/h7,11H,1-6,8-10,12-14H2. The predicted octanol–water partition coefficient (Wildman–Crippen LogP) is 3.63. The summed E-state index contributed by atoms with van der Waals surface area (Å²) in [7, 11) is 0. The van der Waals surface area contributed by atoms with Crippen molar-refractivity contribution in [3.05, 3.63) is 12.2 Å². The van der Waals surface area contributed by atoms with Crippen LogP contribution in [0.1, 0.15) is 57.8 Å². The van der Waals surface area contributed by atoms with Crippen LogP contribution in [0.2, 0.25) is 0 Å². The summed E-state index contributed by atoms with van der Waals surface area (Å²) in [6.45, 7) is 2.17. The van der Waals surface area contributed by atoms with Crippen molar-refractivity contribution < 1.29 is 14.3 Å². The van der Waals surface area contributed by atoms with Gasteiger partial charge in [0, 0.05) is 19.3 Å². The molecule has 0 amide bonds. The smallest absolute Gasteiger partial charge is 0.330 e. The van der Waals surface area contributed by atoms with Gasteiger partial charge in [0.15, 0.2) is 0 Å². The average molecular weight is 254 g/mol. The minimum Gasteiger partial charge on any atom is -0.463 e. The monoisotopic (exact) mass is 254 g/mol. The zero-order chi connectivity index (χ0) is 12.9.